The van der Waals surface area contributed by atoms with E-state index in [4.69, 9.17) is 18.0 Å². The molecule has 2 rings (SSSR count). The number of benzene rings is 1. The molecule has 1 aromatic rings. The van der Waals surface area contributed by atoms with Crippen molar-refractivity contribution in [2.24, 2.45) is 5.92 Å². The first-order chi connectivity index (χ1) is 9.15. The molecule has 0 amide bonds. The summed E-state index contributed by atoms with van der Waals surface area (Å²) >= 11 is 6.38. The third kappa shape index (κ3) is 3.65. The van der Waals surface area contributed by atoms with Crippen molar-refractivity contribution >= 4 is 17.3 Å². The Balaban J connectivity index is 2.18. The average molecular weight is 277 g/mol. The predicted molar refractivity (Wildman–Crippen MR) is 82.7 cm³/mol. The smallest absolute Gasteiger partial charge is 0.0791 e. The minimum absolute atomic E-state index is 0.256. The zero-order valence-electron chi connectivity index (χ0n) is 11.6. The van der Waals surface area contributed by atoms with Gasteiger partial charge in [0.05, 0.1) is 6.54 Å². The van der Waals surface area contributed by atoms with Gasteiger partial charge in [0.25, 0.3) is 0 Å². The van der Waals surface area contributed by atoms with Gasteiger partial charge in [0.15, 0.2) is 0 Å². The van der Waals surface area contributed by atoms with E-state index in [-0.39, 0.29) is 6.04 Å². The van der Waals surface area contributed by atoms with Crippen LogP contribution in [-0.2, 0) is 0 Å². The Labute approximate surface area is 121 Å². The minimum Gasteiger partial charge on any atom is -0.360 e. The normalized spacial score (nSPS) is 15.9. The van der Waals surface area contributed by atoms with Gasteiger partial charge in [-0.05, 0) is 50.4 Å². The van der Waals surface area contributed by atoms with E-state index < -0.39 is 0 Å². The zero-order chi connectivity index (χ0) is 13.8. The van der Waals surface area contributed by atoms with Gasteiger partial charge >= 0.3 is 0 Å². The Morgan fingerprint density at radius 2 is 2.26 bits per heavy atom. The molecule has 0 aliphatic heterocycles. The highest BCUT2D eigenvalue weighted by atomic mass is 35.5. The molecule has 0 radical (unpaired) electrons. The van der Waals surface area contributed by atoms with E-state index in [1.807, 2.05) is 13.1 Å². The van der Waals surface area contributed by atoms with Crippen LogP contribution in [0.15, 0.2) is 18.2 Å². The molecule has 1 atom stereocenters. The maximum absolute atomic E-state index is 6.38. The summed E-state index contributed by atoms with van der Waals surface area (Å²) in [6.45, 7) is 3.79. The van der Waals surface area contributed by atoms with Crippen molar-refractivity contribution in [1.82, 2.24) is 5.32 Å². The van der Waals surface area contributed by atoms with Gasteiger partial charge in [-0.25, -0.2) is 0 Å². The standard InChI is InChI=1S/C16H21ClN2/c1-4-9-19(11-13-5-6-13)14-7-8-15(12(2)18-3)16(17)10-14/h1,7-8,10,12-13,18H,5-6,9,11H2,2-3H3. The molecule has 1 fully saturated rings. The Bertz CT molecular complexity index is 474. The van der Waals surface area contributed by atoms with Crippen LogP contribution >= 0.6 is 11.6 Å². The van der Waals surface area contributed by atoms with Crippen molar-refractivity contribution in [1.29, 1.82) is 0 Å². The maximum Gasteiger partial charge on any atom is 0.0791 e. The van der Waals surface area contributed by atoms with Crippen molar-refractivity contribution in [3.05, 3.63) is 28.8 Å². The summed E-state index contributed by atoms with van der Waals surface area (Å²) in [5.41, 5.74) is 2.25. The SMILES string of the molecule is C#CCN(CC1CC1)c1ccc(C(C)NC)c(Cl)c1. The van der Waals surface area contributed by atoms with E-state index >= 15 is 0 Å². The first-order valence-electron chi connectivity index (χ1n) is 6.80. The molecule has 0 bridgehead atoms. The highest BCUT2D eigenvalue weighted by molar-refractivity contribution is 6.31. The van der Waals surface area contributed by atoms with Gasteiger partial charge in [0, 0.05) is 23.3 Å². The topological polar surface area (TPSA) is 15.3 Å². The fourth-order valence-electron chi connectivity index (χ4n) is 2.20. The lowest BCUT2D eigenvalue weighted by Crippen LogP contribution is -2.26. The van der Waals surface area contributed by atoms with Crippen molar-refractivity contribution in [2.75, 3.05) is 25.0 Å². The fraction of sp³-hybridized carbons (Fsp3) is 0.500. The molecule has 1 saturated carbocycles. The number of nitrogens with one attached hydrogen (secondary N) is 1. The van der Waals surface area contributed by atoms with Gasteiger partial charge in [-0.2, -0.15) is 0 Å². The Kier molecular flexibility index (Phi) is 4.74. The van der Waals surface area contributed by atoms with Crippen molar-refractivity contribution in [2.45, 2.75) is 25.8 Å². The van der Waals surface area contributed by atoms with E-state index in [2.05, 4.69) is 35.2 Å². The second kappa shape index (κ2) is 6.32. The summed E-state index contributed by atoms with van der Waals surface area (Å²) in [6, 6.07) is 6.50. The summed E-state index contributed by atoms with van der Waals surface area (Å²) in [7, 11) is 1.94. The molecule has 19 heavy (non-hydrogen) atoms. The number of nitrogens with zero attached hydrogens (tertiary/aromatic N) is 1. The molecule has 1 aliphatic rings. The number of rotatable bonds is 6. The van der Waals surface area contributed by atoms with Gasteiger partial charge in [0.1, 0.15) is 0 Å². The van der Waals surface area contributed by atoms with Crippen LogP contribution in [0.3, 0.4) is 0 Å². The third-order valence-corrected chi connectivity index (χ3v) is 4.03. The second-order valence-electron chi connectivity index (χ2n) is 5.24. The summed E-state index contributed by atoms with van der Waals surface area (Å²) in [5, 5.41) is 4.01. The molecule has 2 nitrogen and oxygen atoms in total. The second-order valence-corrected chi connectivity index (χ2v) is 5.65. The van der Waals surface area contributed by atoms with Crippen LogP contribution in [0, 0.1) is 18.3 Å². The van der Waals surface area contributed by atoms with Gasteiger partial charge in [-0.3, -0.25) is 0 Å². The van der Waals surface area contributed by atoms with Crippen LogP contribution in [0.1, 0.15) is 31.4 Å². The van der Waals surface area contributed by atoms with Crippen LogP contribution < -0.4 is 10.2 Å². The van der Waals surface area contributed by atoms with Gasteiger partial charge < -0.3 is 10.2 Å². The van der Waals surface area contributed by atoms with E-state index in [0.29, 0.717) is 6.54 Å². The molecule has 1 unspecified atom stereocenters. The Morgan fingerprint density at radius 1 is 1.53 bits per heavy atom. The van der Waals surface area contributed by atoms with Crippen molar-refractivity contribution in [3.63, 3.8) is 0 Å². The van der Waals surface area contributed by atoms with Crippen molar-refractivity contribution in [3.8, 4) is 12.3 Å². The van der Waals surface area contributed by atoms with E-state index in [9.17, 15) is 0 Å². The van der Waals surface area contributed by atoms with Crippen molar-refractivity contribution < 1.29 is 0 Å². The number of anilines is 1. The summed E-state index contributed by atoms with van der Waals surface area (Å²) in [5.74, 6) is 3.55. The first-order valence-corrected chi connectivity index (χ1v) is 7.18. The van der Waals surface area contributed by atoms with Gasteiger partial charge in [-0.15, -0.1) is 6.42 Å². The Morgan fingerprint density at radius 3 is 2.79 bits per heavy atom. The fourth-order valence-corrected chi connectivity index (χ4v) is 2.54. The summed E-state index contributed by atoms with van der Waals surface area (Å²) < 4.78 is 0. The number of hydrogen-bond donors (Lipinski definition) is 1. The lowest BCUT2D eigenvalue weighted by Gasteiger charge is -2.24. The van der Waals surface area contributed by atoms with E-state index in [1.165, 1.54) is 12.8 Å². The largest absolute Gasteiger partial charge is 0.360 e. The van der Waals surface area contributed by atoms with Crippen LogP contribution in [0.2, 0.25) is 5.02 Å². The van der Waals surface area contributed by atoms with Gasteiger partial charge in [-0.1, -0.05) is 23.6 Å². The molecule has 102 valence electrons. The number of halogens is 1. The highest BCUT2D eigenvalue weighted by Crippen LogP contribution is 2.33. The quantitative estimate of drug-likeness (QED) is 0.801. The molecular weight excluding hydrogens is 256 g/mol. The molecule has 3 heteroatoms. The molecule has 0 saturated heterocycles. The summed E-state index contributed by atoms with van der Waals surface area (Å²) in [4.78, 5) is 2.25. The summed E-state index contributed by atoms with van der Waals surface area (Å²) in [6.07, 6.45) is 8.11. The lowest BCUT2D eigenvalue weighted by molar-refractivity contribution is 0.652. The molecular formula is C16H21ClN2. The number of terminal acetylenes is 1. The minimum atomic E-state index is 0.256. The molecule has 1 aliphatic carbocycles. The number of hydrogen-bond acceptors (Lipinski definition) is 2. The molecule has 0 aromatic heterocycles. The maximum atomic E-state index is 6.38. The predicted octanol–water partition coefficient (Wildman–Crippen LogP) is 3.47. The first kappa shape index (κ1) is 14.2. The molecule has 0 spiro atoms. The van der Waals surface area contributed by atoms with Crippen LogP contribution in [0.5, 0.6) is 0 Å². The monoisotopic (exact) mass is 276 g/mol. The van der Waals surface area contributed by atoms with E-state index in [0.717, 1.165) is 28.7 Å². The van der Waals surface area contributed by atoms with E-state index in [1.54, 1.807) is 0 Å². The van der Waals surface area contributed by atoms with Crippen LogP contribution in [0.25, 0.3) is 0 Å². The average Bonchev–Trinajstić information content (AvgIpc) is 3.21. The zero-order valence-corrected chi connectivity index (χ0v) is 12.4. The molecule has 1 aromatic carbocycles. The highest BCUT2D eigenvalue weighted by Gasteiger charge is 2.24. The molecule has 1 N–H and O–H groups in total. The molecule has 0 heterocycles. The third-order valence-electron chi connectivity index (χ3n) is 3.71. The lowest BCUT2D eigenvalue weighted by atomic mass is 10.1. The van der Waals surface area contributed by atoms with Gasteiger partial charge in [0.2, 0.25) is 0 Å². The Hall–Kier alpha value is -1.17. The van der Waals surface area contributed by atoms with Crippen LogP contribution in [0.4, 0.5) is 5.69 Å². The van der Waals surface area contributed by atoms with Crippen LogP contribution in [-0.4, -0.2) is 20.1 Å².